The largest absolute Gasteiger partial charge is 0.466 e. The lowest BCUT2D eigenvalue weighted by Crippen LogP contribution is -2.72. The van der Waals surface area contributed by atoms with Gasteiger partial charge in [-0.25, -0.2) is 14.4 Å². The molecule has 11 heteroatoms. The molecule has 190 valence electrons. The number of hydrogen-bond donors (Lipinski definition) is 2. The number of carbonyl (C=O) groups is 5. The van der Waals surface area contributed by atoms with Crippen molar-refractivity contribution in [1.82, 2.24) is 15.5 Å². The zero-order valence-corrected chi connectivity index (χ0v) is 19.7. The van der Waals surface area contributed by atoms with E-state index in [9.17, 15) is 24.0 Å². The molecule has 0 aromatic heterocycles. The first-order chi connectivity index (χ1) is 17.3. The molecule has 2 aliphatic rings. The Labute approximate surface area is 207 Å². The second-order valence-electron chi connectivity index (χ2n) is 7.88. The molecule has 0 radical (unpaired) electrons. The van der Waals surface area contributed by atoms with Crippen molar-refractivity contribution < 1.29 is 38.2 Å². The van der Waals surface area contributed by atoms with Crippen LogP contribution in [0.25, 0.3) is 0 Å². The van der Waals surface area contributed by atoms with Crippen LogP contribution in [-0.4, -0.2) is 67.2 Å². The molecule has 11 nitrogen and oxygen atoms in total. The van der Waals surface area contributed by atoms with Gasteiger partial charge in [0.05, 0.1) is 18.7 Å². The number of carbonyl (C=O) groups excluding carboxylic acids is 5. The summed E-state index contributed by atoms with van der Waals surface area (Å²) in [5.41, 5.74) is 0.287. The molecule has 36 heavy (non-hydrogen) atoms. The molecule has 1 unspecified atom stereocenters. The van der Waals surface area contributed by atoms with Gasteiger partial charge in [0.25, 0.3) is 5.91 Å². The molecule has 1 aromatic carbocycles. The minimum absolute atomic E-state index is 0.0229. The smallest absolute Gasteiger partial charge is 0.408 e. The van der Waals surface area contributed by atoms with Gasteiger partial charge in [0.2, 0.25) is 5.91 Å². The number of nitrogens with one attached hydrogen (secondary N) is 2. The van der Waals surface area contributed by atoms with Crippen LogP contribution in [0.4, 0.5) is 4.79 Å². The van der Waals surface area contributed by atoms with E-state index in [1.807, 2.05) is 0 Å². The molecule has 0 aliphatic carbocycles. The van der Waals surface area contributed by atoms with Gasteiger partial charge in [0, 0.05) is 0 Å². The Bertz CT molecular complexity index is 1100. The Hall–Kier alpha value is -4.41. The first kappa shape index (κ1) is 26.2. The van der Waals surface area contributed by atoms with E-state index in [0.717, 1.165) is 4.90 Å². The van der Waals surface area contributed by atoms with Gasteiger partial charge in [-0.2, -0.15) is 0 Å². The highest BCUT2D eigenvalue weighted by Crippen LogP contribution is 2.37. The van der Waals surface area contributed by atoms with Gasteiger partial charge in [-0.3, -0.25) is 14.5 Å². The van der Waals surface area contributed by atoms with Crippen LogP contribution in [0.5, 0.6) is 0 Å². The van der Waals surface area contributed by atoms with E-state index in [4.69, 9.17) is 14.2 Å². The fourth-order valence-electron chi connectivity index (χ4n) is 4.05. The maximum Gasteiger partial charge on any atom is 0.408 e. The number of alkyl carbamates (subject to hydrolysis) is 1. The number of hydrogen-bond acceptors (Lipinski definition) is 8. The van der Waals surface area contributed by atoms with Crippen LogP contribution in [-0.2, 0) is 33.4 Å². The van der Waals surface area contributed by atoms with E-state index in [2.05, 4.69) is 23.8 Å². The fraction of sp³-hybridized carbons (Fsp3) is 0.320. The lowest BCUT2D eigenvalue weighted by atomic mass is 9.83. The van der Waals surface area contributed by atoms with Crippen LogP contribution in [0.3, 0.4) is 0 Å². The second kappa shape index (κ2) is 11.8. The number of benzene rings is 1. The number of esters is 2. The Balaban J connectivity index is 1.81. The molecule has 2 heterocycles. The molecule has 1 saturated heterocycles. The maximum absolute atomic E-state index is 13.2. The van der Waals surface area contributed by atoms with Crippen molar-refractivity contribution in [1.29, 1.82) is 0 Å². The van der Waals surface area contributed by atoms with Gasteiger partial charge in [0.15, 0.2) is 0 Å². The number of methoxy groups -OCH3 is 1. The number of β-lactam (4-membered cyclic amide) rings is 1. The number of nitrogens with zero attached hydrogens (tertiary/aromatic N) is 1. The first-order valence-corrected chi connectivity index (χ1v) is 11.2. The van der Waals surface area contributed by atoms with Crippen molar-refractivity contribution in [2.24, 2.45) is 0 Å². The third kappa shape index (κ3) is 5.45. The summed E-state index contributed by atoms with van der Waals surface area (Å²) in [6.07, 6.45) is 2.34. The van der Waals surface area contributed by atoms with Gasteiger partial charge < -0.3 is 24.8 Å². The fourth-order valence-corrected chi connectivity index (χ4v) is 4.05. The van der Waals surface area contributed by atoms with Gasteiger partial charge in [-0.1, -0.05) is 55.6 Å². The van der Waals surface area contributed by atoms with Crippen molar-refractivity contribution in [2.45, 2.75) is 31.0 Å². The Morgan fingerprint density at radius 1 is 1.08 bits per heavy atom. The predicted octanol–water partition coefficient (Wildman–Crippen LogP) is 1.29. The normalized spacial score (nSPS) is 19.1. The van der Waals surface area contributed by atoms with Crippen LogP contribution in [0.15, 0.2) is 66.9 Å². The van der Waals surface area contributed by atoms with Crippen LogP contribution >= 0.6 is 0 Å². The molecule has 0 bridgehead atoms. The van der Waals surface area contributed by atoms with E-state index < -0.39 is 48.0 Å². The van der Waals surface area contributed by atoms with Crippen LogP contribution < -0.4 is 10.6 Å². The monoisotopic (exact) mass is 497 g/mol. The van der Waals surface area contributed by atoms with Gasteiger partial charge in [-0.15, -0.1) is 0 Å². The third-order valence-corrected chi connectivity index (χ3v) is 5.68. The lowest BCUT2D eigenvalue weighted by Gasteiger charge is -2.50. The Kier molecular flexibility index (Phi) is 8.61. The minimum atomic E-state index is -1.15. The van der Waals surface area contributed by atoms with Crippen LogP contribution in [0.2, 0.25) is 0 Å². The summed E-state index contributed by atoms with van der Waals surface area (Å²) >= 11 is 0. The van der Waals surface area contributed by atoms with Crippen LogP contribution in [0, 0.1) is 0 Å². The number of fused-ring (bicyclic) bond motifs is 1. The number of ether oxygens (including phenoxy) is 3. The molecule has 3 rings (SSSR count). The average Bonchev–Trinajstić information content (AvgIpc) is 2.90. The zero-order chi connectivity index (χ0) is 26.2. The highest BCUT2D eigenvalue weighted by molar-refractivity contribution is 6.07. The lowest BCUT2D eigenvalue weighted by molar-refractivity contribution is -0.158. The van der Waals surface area contributed by atoms with Crippen molar-refractivity contribution in [3.8, 4) is 0 Å². The van der Waals surface area contributed by atoms with E-state index in [-0.39, 0.29) is 30.9 Å². The predicted molar refractivity (Wildman–Crippen MR) is 126 cm³/mol. The molecule has 2 aliphatic heterocycles. The van der Waals surface area contributed by atoms with E-state index >= 15 is 0 Å². The topological polar surface area (TPSA) is 140 Å². The molecule has 1 fully saturated rings. The van der Waals surface area contributed by atoms with Crippen molar-refractivity contribution >= 4 is 29.8 Å². The Morgan fingerprint density at radius 3 is 2.39 bits per heavy atom. The summed E-state index contributed by atoms with van der Waals surface area (Å²) < 4.78 is 14.8. The number of amides is 3. The van der Waals surface area contributed by atoms with E-state index in [1.165, 1.54) is 19.3 Å². The van der Waals surface area contributed by atoms with Gasteiger partial charge in [-0.05, 0) is 18.4 Å². The van der Waals surface area contributed by atoms with Crippen LogP contribution in [0.1, 0.15) is 24.4 Å². The molecule has 1 aromatic rings. The standard InChI is InChI=1S/C25H27N3O8/c1-4-13-35-24(32)20-16(23(31)34-3)11-12-17-19(22(30)28(17)20)26-21(29)18(15-9-7-6-8-10-15)27-25(33)36-14-5-2/h4-10,17-19H,1-2,11-14H2,3H3,(H,26,29)(H,27,33)/t17-,18?,19-/m0/s1. The summed E-state index contributed by atoms with van der Waals surface area (Å²) in [6, 6.07) is 5.73. The zero-order valence-electron chi connectivity index (χ0n) is 19.7. The molecule has 0 saturated carbocycles. The Morgan fingerprint density at radius 2 is 1.75 bits per heavy atom. The first-order valence-electron chi connectivity index (χ1n) is 11.2. The average molecular weight is 498 g/mol. The van der Waals surface area contributed by atoms with Crippen molar-refractivity contribution in [2.75, 3.05) is 20.3 Å². The minimum Gasteiger partial charge on any atom is -0.466 e. The van der Waals surface area contributed by atoms with E-state index in [0.29, 0.717) is 12.0 Å². The molecule has 3 amide bonds. The summed E-state index contributed by atoms with van der Waals surface area (Å²) in [7, 11) is 1.17. The van der Waals surface area contributed by atoms with E-state index in [1.54, 1.807) is 30.3 Å². The summed E-state index contributed by atoms with van der Waals surface area (Å²) in [4.78, 5) is 64.5. The maximum atomic E-state index is 13.2. The summed E-state index contributed by atoms with van der Waals surface area (Å²) in [5, 5.41) is 5.15. The molecule has 3 atom stereocenters. The summed E-state index contributed by atoms with van der Waals surface area (Å²) in [5.74, 6) is -2.85. The molecular weight excluding hydrogens is 470 g/mol. The van der Waals surface area contributed by atoms with Crippen molar-refractivity contribution in [3.05, 3.63) is 72.5 Å². The second-order valence-corrected chi connectivity index (χ2v) is 7.88. The summed E-state index contributed by atoms with van der Waals surface area (Å²) in [6.45, 7) is 6.78. The highest BCUT2D eigenvalue weighted by Gasteiger charge is 2.55. The van der Waals surface area contributed by atoms with Gasteiger partial charge >= 0.3 is 18.0 Å². The van der Waals surface area contributed by atoms with Crippen molar-refractivity contribution in [3.63, 3.8) is 0 Å². The molecule has 2 N–H and O–H groups in total. The quantitative estimate of drug-likeness (QED) is 0.213. The highest BCUT2D eigenvalue weighted by atomic mass is 16.5. The SMILES string of the molecule is C=CCOC(=O)NC(C(=O)N[C@@H]1C(=O)N2C(C(=O)OCC=C)=C(C(=O)OC)CC[C@@H]12)c1ccccc1. The number of rotatable bonds is 10. The van der Waals surface area contributed by atoms with Gasteiger partial charge in [0.1, 0.15) is 31.0 Å². The third-order valence-electron chi connectivity index (χ3n) is 5.68. The molecular formula is C25H27N3O8. The molecule has 0 spiro atoms.